The number of rotatable bonds is 10. The maximum Gasteiger partial charge on any atom is 0.267 e. The van der Waals surface area contributed by atoms with E-state index < -0.39 is 0 Å². The highest BCUT2D eigenvalue weighted by Gasteiger charge is 2.32. The van der Waals surface area contributed by atoms with Crippen LogP contribution in [0.4, 0.5) is 5.82 Å². The van der Waals surface area contributed by atoms with Crippen molar-refractivity contribution in [2.75, 3.05) is 25.0 Å². The summed E-state index contributed by atoms with van der Waals surface area (Å²) in [7, 11) is 0. The number of carbonyl (C=O) groups excluding carboxylic acids is 1. The molecule has 1 fully saturated rings. The molecule has 9 heteroatoms. The van der Waals surface area contributed by atoms with Gasteiger partial charge in [0.05, 0.1) is 17.1 Å². The van der Waals surface area contributed by atoms with Gasteiger partial charge in [-0.15, -0.1) is 0 Å². The molecule has 7 nitrogen and oxygen atoms in total. The van der Waals surface area contributed by atoms with Crippen LogP contribution in [-0.2, 0) is 4.79 Å². The Hall–Kier alpha value is -2.23. The Morgan fingerprint density at radius 2 is 2.03 bits per heavy atom. The summed E-state index contributed by atoms with van der Waals surface area (Å²) in [5.41, 5.74) is 0.473. The molecule has 0 unspecified atom stereocenters. The fraction of sp³-hybridized carbons (Fsp3) is 0.429. The minimum absolute atomic E-state index is 0.102. The highest BCUT2D eigenvalue weighted by Crippen LogP contribution is 2.33. The normalized spacial score (nSPS) is 15.5. The molecule has 160 valence electrons. The van der Waals surface area contributed by atoms with Crippen LogP contribution >= 0.6 is 24.0 Å². The SMILES string of the molecule is CCCCCCCN1C(=O)C(=Cc2c(NCCO)nc3ccccn3c2=O)SC1=S. The number of thiocarbonyl (C=S) groups is 1. The average molecular weight is 447 g/mol. The summed E-state index contributed by atoms with van der Waals surface area (Å²) in [5.74, 6) is 0.163. The second kappa shape index (κ2) is 10.7. The topological polar surface area (TPSA) is 86.9 Å². The van der Waals surface area contributed by atoms with E-state index >= 15 is 0 Å². The van der Waals surface area contributed by atoms with Crippen molar-refractivity contribution in [1.82, 2.24) is 14.3 Å². The number of pyridine rings is 1. The molecule has 2 aromatic heterocycles. The van der Waals surface area contributed by atoms with Crippen LogP contribution in [0.3, 0.4) is 0 Å². The number of unbranched alkanes of at least 4 members (excludes halogenated alkanes) is 4. The number of fused-ring (bicyclic) bond motifs is 1. The van der Waals surface area contributed by atoms with E-state index in [9.17, 15) is 9.59 Å². The lowest BCUT2D eigenvalue weighted by Crippen LogP contribution is -2.29. The van der Waals surface area contributed by atoms with Gasteiger partial charge in [-0.05, 0) is 24.6 Å². The summed E-state index contributed by atoms with van der Waals surface area (Å²) in [5, 5.41) is 12.1. The van der Waals surface area contributed by atoms with Gasteiger partial charge in [0.25, 0.3) is 11.5 Å². The molecule has 1 aliphatic heterocycles. The van der Waals surface area contributed by atoms with Crippen molar-refractivity contribution in [3.8, 4) is 0 Å². The van der Waals surface area contributed by atoms with Gasteiger partial charge in [-0.25, -0.2) is 4.98 Å². The van der Waals surface area contributed by atoms with E-state index in [0.29, 0.717) is 27.2 Å². The van der Waals surface area contributed by atoms with Crippen molar-refractivity contribution < 1.29 is 9.90 Å². The highest BCUT2D eigenvalue weighted by molar-refractivity contribution is 8.26. The molecule has 0 radical (unpaired) electrons. The molecule has 0 aliphatic carbocycles. The molecular weight excluding hydrogens is 420 g/mol. The van der Waals surface area contributed by atoms with E-state index in [2.05, 4.69) is 17.2 Å². The molecule has 0 bridgehead atoms. The molecule has 2 aromatic rings. The van der Waals surface area contributed by atoms with Gasteiger partial charge < -0.3 is 10.4 Å². The van der Waals surface area contributed by atoms with Gasteiger partial charge in [0.2, 0.25) is 0 Å². The second-order valence-corrected chi connectivity index (χ2v) is 8.68. The summed E-state index contributed by atoms with van der Waals surface area (Å²) in [6, 6.07) is 5.27. The lowest BCUT2D eigenvalue weighted by Gasteiger charge is -2.14. The Labute approximate surface area is 185 Å². The average Bonchev–Trinajstić information content (AvgIpc) is 3.01. The minimum atomic E-state index is -0.286. The number of nitrogens with one attached hydrogen (secondary N) is 1. The quantitative estimate of drug-likeness (QED) is 0.329. The van der Waals surface area contributed by atoms with Crippen molar-refractivity contribution in [3.05, 3.63) is 45.2 Å². The third kappa shape index (κ3) is 5.08. The van der Waals surface area contributed by atoms with Gasteiger partial charge in [0.1, 0.15) is 15.8 Å². The number of aliphatic hydroxyl groups is 1. The Morgan fingerprint density at radius 1 is 1.23 bits per heavy atom. The van der Waals surface area contributed by atoms with Crippen LogP contribution < -0.4 is 10.9 Å². The predicted octanol–water partition coefficient (Wildman–Crippen LogP) is 3.27. The Kier molecular flexibility index (Phi) is 8.01. The fourth-order valence-electron chi connectivity index (χ4n) is 3.24. The first-order valence-corrected chi connectivity index (χ1v) is 11.4. The zero-order valence-corrected chi connectivity index (χ0v) is 18.6. The number of hydrogen-bond donors (Lipinski definition) is 2. The van der Waals surface area contributed by atoms with Crippen molar-refractivity contribution in [2.45, 2.75) is 39.0 Å². The van der Waals surface area contributed by atoms with Crippen LogP contribution in [-0.4, -0.2) is 49.3 Å². The number of carbonyl (C=O) groups is 1. The maximum absolute atomic E-state index is 13.1. The number of thioether (sulfide) groups is 1. The minimum Gasteiger partial charge on any atom is -0.395 e. The van der Waals surface area contributed by atoms with Gasteiger partial charge in [0.15, 0.2) is 0 Å². The molecule has 1 saturated heterocycles. The second-order valence-electron chi connectivity index (χ2n) is 7.01. The van der Waals surface area contributed by atoms with Crippen molar-refractivity contribution in [3.63, 3.8) is 0 Å². The molecule has 2 N–H and O–H groups in total. The van der Waals surface area contributed by atoms with Crippen LogP contribution in [0.1, 0.15) is 44.6 Å². The van der Waals surface area contributed by atoms with Crippen LogP contribution in [0.5, 0.6) is 0 Å². The molecule has 0 saturated carbocycles. The maximum atomic E-state index is 13.1. The largest absolute Gasteiger partial charge is 0.395 e. The van der Waals surface area contributed by atoms with Gasteiger partial charge in [-0.3, -0.25) is 18.9 Å². The highest BCUT2D eigenvalue weighted by atomic mass is 32.2. The first kappa shape index (κ1) is 22.5. The molecule has 1 amide bonds. The lowest BCUT2D eigenvalue weighted by molar-refractivity contribution is -0.122. The summed E-state index contributed by atoms with van der Waals surface area (Å²) >= 11 is 6.61. The summed E-state index contributed by atoms with van der Waals surface area (Å²) in [6.07, 6.45) is 8.69. The number of amides is 1. The number of aliphatic hydroxyl groups excluding tert-OH is 1. The van der Waals surface area contributed by atoms with E-state index in [1.807, 2.05) is 0 Å². The summed E-state index contributed by atoms with van der Waals surface area (Å²) in [6.45, 7) is 2.90. The summed E-state index contributed by atoms with van der Waals surface area (Å²) in [4.78, 5) is 32.5. The molecule has 3 rings (SSSR count). The van der Waals surface area contributed by atoms with E-state index in [4.69, 9.17) is 17.3 Å². The zero-order valence-electron chi connectivity index (χ0n) is 17.0. The van der Waals surface area contributed by atoms with Gasteiger partial charge in [-0.2, -0.15) is 0 Å². The van der Waals surface area contributed by atoms with Crippen LogP contribution in [0.2, 0.25) is 0 Å². The van der Waals surface area contributed by atoms with E-state index in [-0.39, 0.29) is 30.2 Å². The molecule has 0 spiro atoms. The van der Waals surface area contributed by atoms with Crippen LogP contribution in [0, 0.1) is 0 Å². The molecule has 3 heterocycles. The predicted molar refractivity (Wildman–Crippen MR) is 126 cm³/mol. The number of nitrogens with zero attached hydrogens (tertiary/aromatic N) is 3. The van der Waals surface area contributed by atoms with E-state index in [0.717, 1.165) is 19.3 Å². The van der Waals surface area contributed by atoms with Crippen molar-refractivity contribution in [2.24, 2.45) is 0 Å². The van der Waals surface area contributed by atoms with Gasteiger partial charge in [0, 0.05) is 19.3 Å². The summed E-state index contributed by atoms with van der Waals surface area (Å²) < 4.78 is 1.95. The molecule has 0 aromatic carbocycles. The molecule has 30 heavy (non-hydrogen) atoms. The Morgan fingerprint density at radius 3 is 2.80 bits per heavy atom. The van der Waals surface area contributed by atoms with Crippen molar-refractivity contribution >= 4 is 51.7 Å². The van der Waals surface area contributed by atoms with E-state index in [1.54, 1.807) is 35.4 Å². The van der Waals surface area contributed by atoms with Crippen molar-refractivity contribution in [1.29, 1.82) is 0 Å². The van der Waals surface area contributed by atoms with Gasteiger partial charge >= 0.3 is 0 Å². The lowest BCUT2D eigenvalue weighted by atomic mass is 10.1. The third-order valence-corrected chi connectivity index (χ3v) is 6.19. The molecular formula is C21H26N4O3S2. The smallest absolute Gasteiger partial charge is 0.267 e. The third-order valence-electron chi connectivity index (χ3n) is 4.81. The monoisotopic (exact) mass is 446 g/mol. The Balaban J connectivity index is 1.88. The zero-order chi connectivity index (χ0) is 21.5. The number of aromatic nitrogens is 2. The first-order chi connectivity index (χ1) is 14.6. The first-order valence-electron chi connectivity index (χ1n) is 10.2. The van der Waals surface area contributed by atoms with E-state index in [1.165, 1.54) is 29.0 Å². The number of hydrogen-bond acceptors (Lipinski definition) is 7. The van der Waals surface area contributed by atoms with Gasteiger partial charge in [-0.1, -0.05) is 62.7 Å². The van der Waals surface area contributed by atoms with Crippen LogP contribution in [0.15, 0.2) is 34.1 Å². The fourth-order valence-corrected chi connectivity index (χ4v) is 4.53. The van der Waals surface area contributed by atoms with Crippen LogP contribution in [0.25, 0.3) is 11.7 Å². The molecule has 1 aliphatic rings. The standard InChI is InChI=1S/C21H26N4O3S2/c1-2-3-4-5-7-12-25-20(28)16(30-21(25)29)14-15-18(22-10-13-26)23-17-9-6-8-11-24(17)19(15)27/h6,8-9,11,14,22,26H,2-5,7,10,12-13H2,1H3. The Bertz CT molecular complexity index is 1020. The number of anilines is 1. The molecule has 0 atom stereocenters.